The van der Waals surface area contributed by atoms with Crippen LogP contribution in [0.15, 0.2) is 23.2 Å². The van der Waals surface area contributed by atoms with E-state index < -0.39 is 0 Å². The second-order valence-corrected chi connectivity index (χ2v) is 12.9. The molecule has 2 aliphatic heterocycles. The first-order chi connectivity index (χ1) is 17.9. The number of aliphatic imine (C=N–C) groups is 1. The molecule has 4 aliphatic rings. The third-order valence-electron chi connectivity index (χ3n) is 9.23. The number of thiocarbonyl (C=S) groups is 1. The Labute approximate surface area is 227 Å². The van der Waals surface area contributed by atoms with Gasteiger partial charge in [0.15, 0.2) is 0 Å². The molecule has 0 spiro atoms. The van der Waals surface area contributed by atoms with Gasteiger partial charge >= 0.3 is 0 Å². The summed E-state index contributed by atoms with van der Waals surface area (Å²) in [6, 6.07) is 6.81. The van der Waals surface area contributed by atoms with Crippen LogP contribution in [0.1, 0.15) is 87.6 Å². The zero-order valence-corrected chi connectivity index (χ0v) is 23.5. The van der Waals surface area contributed by atoms with Crippen molar-refractivity contribution in [2.75, 3.05) is 13.1 Å². The molecule has 2 atom stereocenters. The van der Waals surface area contributed by atoms with Crippen LogP contribution in [0.3, 0.4) is 0 Å². The van der Waals surface area contributed by atoms with Crippen molar-refractivity contribution in [1.82, 2.24) is 9.47 Å². The van der Waals surface area contributed by atoms with Crippen LogP contribution in [0.25, 0.3) is 12.7 Å². The Balaban J connectivity index is 1.34. The van der Waals surface area contributed by atoms with E-state index >= 15 is 0 Å². The molecule has 196 valence electrons. The number of nitrogens with two attached hydrogens (primary N) is 1. The number of nitrogens with zero attached hydrogens (tertiary/aromatic N) is 3. The van der Waals surface area contributed by atoms with E-state index in [1.165, 1.54) is 60.6 Å². The van der Waals surface area contributed by atoms with E-state index in [0.717, 1.165) is 78.0 Å². The zero-order valence-electron chi connectivity index (χ0n) is 22.7. The highest BCUT2D eigenvalue weighted by Crippen LogP contribution is 2.44. The van der Waals surface area contributed by atoms with Crippen LogP contribution < -0.4 is 16.3 Å². The van der Waals surface area contributed by atoms with E-state index in [1.807, 2.05) is 0 Å². The molecule has 1 aromatic heterocycles. The highest BCUT2D eigenvalue weighted by Gasteiger charge is 2.40. The maximum atomic E-state index is 6.31. The minimum Gasteiger partial charge on any atom is -0.361 e. The minimum atomic E-state index is 0.398. The molecule has 1 aromatic carbocycles. The van der Waals surface area contributed by atoms with E-state index in [-0.39, 0.29) is 0 Å². The van der Waals surface area contributed by atoms with E-state index in [9.17, 15) is 0 Å². The number of piperidine rings is 1. The summed E-state index contributed by atoms with van der Waals surface area (Å²) in [4.78, 5) is 8.69. The summed E-state index contributed by atoms with van der Waals surface area (Å²) in [5.74, 6) is 1.55. The fraction of sp³-hybridized carbons (Fsp3) is 0.562. The molecule has 0 amide bonds. The fourth-order valence-electron chi connectivity index (χ4n) is 7.11. The Bertz CT molecular complexity index is 1360. The van der Waals surface area contributed by atoms with Gasteiger partial charge in [-0.25, -0.2) is 0 Å². The van der Waals surface area contributed by atoms with Crippen molar-refractivity contribution in [2.45, 2.75) is 84.7 Å². The van der Waals surface area contributed by atoms with Gasteiger partial charge in [0.25, 0.3) is 0 Å². The van der Waals surface area contributed by atoms with E-state index in [0.29, 0.717) is 12.0 Å². The van der Waals surface area contributed by atoms with Crippen LogP contribution in [0, 0.1) is 17.3 Å². The molecule has 2 N–H and O–H groups in total. The maximum absolute atomic E-state index is 6.31. The van der Waals surface area contributed by atoms with Gasteiger partial charge in [0.05, 0.1) is 17.1 Å². The van der Waals surface area contributed by atoms with Gasteiger partial charge in [-0.1, -0.05) is 51.6 Å². The number of hydrogen-bond donors (Lipinski definition) is 1. The lowest BCUT2D eigenvalue weighted by molar-refractivity contribution is 0.0597. The van der Waals surface area contributed by atoms with Crippen LogP contribution in [0.2, 0.25) is 0 Å². The van der Waals surface area contributed by atoms with Crippen LogP contribution in [0.4, 0.5) is 5.69 Å². The minimum absolute atomic E-state index is 0.398. The topological polar surface area (TPSA) is 46.5 Å². The summed E-state index contributed by atoms with van der Waals surface area (Å²) in [7, 11) is 0. The number of hydrogen-bond acceptors (Lipinski definition) is 3. The van der Waals surface area contributed by atoms with Crippen molar-refractivity contribution >= 4 is 41.3 Å². The van der Waals surface area contributed by atoms with Crippen LogP contribution in [-0.2, 0) is 19.5 Å². The summed E-state index contributed by atoms with van der Waals surface area (Å²) in [5, 5.41) is 2.40. The second kappa shape index (κ2) is 9.81. The summed E-state index contributed by atoms with van der Waals surface area (Å²) in [5.41, 5.74) is 13.7. The molecule has 1 saturated heterocycles. The van der Waals surface area contributed by atoms with Gasteiger partial charge in [0, 0.05) is 43.5 Å². The van der Waals surface area contributed by atoms with Crippen molar-refractivity contribution in [3.63, 3.8) is 0 Å². The summed E-state index contributed by atoms with van der Waals surface area (Å²) in [6.07, 6.45) is 13.4. The van der Waals surface area contributed by atoms with Gasteiger partial charge in [-0.2, -0.15) is 0 Å². The molecule has 2 aliphatic carbocycles. The second-order valence-electron chi connectivity index (χ2n) is 12.5. The summed E-state index contributed by atoms with van der Waals surface area (Å²) in [6.45, 7) is 12.9. The number of likely N-dealkylation sites (tertiary alicyclic amines) is 1. The molecule has 5 heteroatoms. The highest BCUT2D eigenvalue weighted by molar-refractivity contribution is 7.80. The van der Waals surface area contributed by atoms with Crippen molar-refractivity contribution in [2.24, 2.45) is 28.0 Å². The molecular weight excluding hydrogens is 472 g/mol. The molecular formula is C32H42N4S. The molecule has 2 aromatic rings. The van der Waals surface area contributed by atoms with Crippen molar-refractivity contribution in [1.29, 1.82) is 0 Å². The Morgan fingerprint density at radius 2 is 2.11 bits per heavy atom. The molecule has 3 heterocycles. The quantitative estimate of drug-likeness (QED) is 0.516. The standard InChI is InChI=1S/C32H42N4S/c1-4-5-8-24-14-30(36(21(24)2)19-22-9-10-22)29-15-27-26(17-33)12-25(13-28(27)34-29)31(37)35-18-23-7-6-11-32(3,16-23)20-35/h8,12-14,22-23H,2,4-7,9-11,15-20,33H2,1,3H3/b24-8-. The summed E-state index contributed by atoms with van der Waals surface area (Å²) < 4.78 is 2.44. The first kappa shape index (κ1) is 25.1. The van der Waals surface area contributed by atoms with Gasteiger partial charge in [0.2, 0.25) is 0 Å². The predicted octanol–water partition coefficient (Wildman–Crippen LogP) is 5.21. The first-order valence-electron chi connectivity index (χ1n) is 14.5. The Hall–Kier alpha value is -2.24. The highest BCUT2D eigenvalue weighted by atomic mass is 32.1. The number of benzene rings is 1. The zero-order chi connectivity index (χ0) is 25.7. The predicted molar refractivity (Wildman–Crippen MR) is 159 cm³/mol. The van der Waals surface area contributed by atoms with E-state index in [4.69, 9.17) is 22.9 Å². The number of unbranched alkanes of at least 4 members (excludes halogenated alkanes) is 1. The summed E-state index contributed by atoms with van der Waals surface area (Å²) >= 11 is 6.13. The van der Waals surface area contributed by atoms with Crippen molar-refractivity contribution in [3.05, 3.63) is 51.2 Å². The monoisotopic (exact) mass is 514 g/mol. The van der Waals surface area contributed by atoms with E-state index in [1.54, 1.807) is 0 Å². The molecule has 3 fully saturated rings. The third kappa shape index (κ3) is 4.85. The molecule has 2 bridgehead atoms. The maximum Gasteiger partial charge on any atom is 0.109 e. The molecule has 4 nitrogen and oxygen atoms in total. The van der Waals surface area contributed by atoms with Gasteiger partial charge in [0.1, 0.15) is 4.99 Å². The largest absolute Gasteiger partial charge is 0.361 e. The number of fused-ring (bicyclic) bond motifs is 3. The smallest absolute Gasteiger partial charge is 0.109 e. The van der Waals surface area contributed by atoms with Gasteiger partial charge < -0.3 is 15.2 Å². The lowest BCUT2D eigenvalue weighted by atomic mass is 9.68. The molecule has 0 radical (unpaired) electrons. The fourth-order valence-corrected chi connectivity index (χ4v) is 7.37. The lowest BCUT2D eigenvalue weighted by Gasteiger charge is -2.49. The third-order valence-corrected chi connectivity index (χ3v) is 9.72. The molecule has 2 saturated carbocycles. The average molecular weight is 515 g/mol. The van der Waals surface area contributed by atoms with Gasteiger partial charge in [-0.15, -0.1) is 0 Å². The Morgan fingerprint density at radius 1 is 1.27 bits per heavy atom. The van der Waals surface area contributed by atoms with E-state index in [2.05, 4.69) is 54.2 Å². The van der Waals surface area contributed by atoms with Gasteiger partial charge in [-0.05, 0) is 90.3 Å². The average Bonchev–Trinajstić information content (AvgIpc) is 3.52. The first-order valence-corrected chi connectivity index (χ1v) is 14.9. The molecule has 37 heavy (non-hydrogen) atoms. The van der Waals surface area contributed by atoms with Crippen LogP contribution in [-0.4, -0.2) is 33.3 Å². The molecule has 6 rings (SSSR count). The Kier molecular flexibility index (Phi) is 6.65. The van der Waals surface area contributed by atoms with Crippen molar-refractivity contribution < 1.29 is 0 Å². The number of rotatable bonds is 7. The lowest BCUT2D eigenvalue weighted by Crippen LogP contribution is -2.50. The van der Waals surface area contributed by atoms with Gasteiger partial charge in [-0.3, -0.25) is 4.99 Å². The van der Waals surface area contributed by atoms with Crippen LogP contribution in [0.5, 0.6) is 0 Å². The number of aromatic nitrogens is 1. The molecule has 2 unspecified atom stereocenters. The Morgan fingerprint density at radius 3 is 2.84 bits per heavy atom. The van der Waals surface area contributed by atoms with Crippen molar-refractivity contribution in [3.8, 4) is 0 Å². The normalized spacial score (nSPS) is 25.4. The van der Waals surface area contributed by atoms with Crippen LogP contribution >= 0.6 is 12.2 Å². The SMILES string of the molecule is C=c1/c(=C\CCC)cc(C2=Nc3cc(C(=S)N4CC5CCCC(C)(C5)C4)cc(CN)c3C2)n1CC1CC1.